The van der Waals surface area contributed by atoms with E-state index in [-0.39, 0.29) is 19.7 Å². The van der Waals surface area contributed by atoms with Crippen molar-refractivity contribution in [2.75, 3.05) is 13.2 Å². The van der Waals surface area contributed by atoms with Crippen LogP contribution in [0.15, 0.2) is 60.7 Å². The van der Waals surface area contributed by atoms with Gasteiger partial charge in [-0.1, -0.05) is 67.8 Å². The zero-order valence-corrected chi connectivity index (χ0v) is 21.4. The number of ether oxygens (including phenoxy) is 1. The average molecular weight is 514 g/mol. The Morgan fingerprint density at radius 3 is 2.45 bits per heavy atom. The highest BCUT2D eigenvalue weighted by molar-refractivity contribution is 5.90. The van der Waals surface area contributed by atoms with Gasteiger partial charge in [0.25, 0.3) is 0 Å². The molecule has 4 aromatic rings. The standard InChI is InChI=1S/C29H31N5O4/c1-2-38-28(37)34(19-29(27(35)36)14-6-3-7-15-29)18-20-10-11-22-17-23(13-12-21(22)16-20)24-8-4-5-9-25(24)26-30-32-33-31-26/h4-5,8-13,16-17H,2-3,6-7,14-15,18-19H2,1H3,(H,35,36)(H,30,31,32,33). The summed E-state index contributed by atoms with van der Waals surface area (Å²) in [5.74, 6) is -0.300. The lowest BCUT2D eigenvalue weighted by Gasteiger charge is -2.37. The van der Waals surface area contributed by atoms with Crippen LogP contribution in [-0.2, 0) is 16.1 Å². The van der Waals surface area contributed by atoms with E-state index in [4.69, 9.17) is 4.74 Å². The number of hydrogen-bond donors (Lipinski definition) is 2. The van der Waals surface area contributed by atoms with Crippen molar-refractivity contribution < 1.29 is 19.4 Å². The van der Waals surface area contributed by atoms with Crippen LogP contribution >= 0.6 is 0 Å². The molecule has 0 unspecified atom stereocenters. The van der Waals surface area contributed by atoms with Gasteiger partial charge in [-0.2, -0.15) is 5.21 Å². The van der Waals surface area contributed by atoms with Crippen LogP contribution in [-0.4, -0.2) is 55.8 Å². The van der Waals surface area contributed by atoms with Gasteiger partial charge in [0.15, 0.2) is 0 Å². The van der Waals surface area contributed by atoms with Crippen LogP contribution < -0.4 is 0 Å². The molecule has 196 valence electrons. The van der Waals surface area contributed by atoms with Gasteiger partial charge in [0.1, 0.15) is 0 Å². The monoisotopic (exact) mass is 513 g/mol. The SMILES string of the molecule is CCOC(=O)N(Cc1ccc2cc(-c3ccccc3-c3nn[nH]n3)ccc2c1)CC1(C(=O)O)CCCCC1. The number of tetrazole rings is 1. The molecule has 1 saturated carbocycles. The highest BCUT2D eigenvalue weighted by Gasteiger charge is 2.42. The van der Waals surface area contributed by atoms with Crippen molar-refractivity contribution in [1.29, 1.82) is 0 Å². The molecule has 1 aromatic heterocycles. The quantitative estimate of drug-likeness (QED) is 0.311. The second kappa shape index (κ2) is 11.0. The molecule has 2 N–H and O–H groups in total. The van der Waals surface area contributed by atoms with Crippen molar-refractivity contribution in [2.24, 2.45) is 5.41 Å². The number of hydrogen-bond acceptors (Lipinski definition) is 6. The molecule has 1 heterocycles. The maximum atomic E-state index is 12.9. The Balaban J connectivity index is 1.42. The van der Waals surface area contributed by atoms with Crippen LogP contribution in [0.1, 0.15) is 44.6 Å². The predicted octanol–water partition coefficient (Wildman–Crippen LogP) is 5.68. The number of nitrogens with zero attached hydrogens (tertiary/aromatic N) is 4. The smallest absolute Gasteiger partial charge is 0.410 e. The van der Waals surface area contributed by atoms with Crippen molar-refractivity contribution in [1.82, 2.24) is 25.5 Å². The van der Waals surface area contributed by atoms with Crippen molar-refractivity contribution in [2.45, 2.75) is 45.6 Å². The third kappa shape index (κ3) is 5.22. The van der Waals surface area contributed by atoms with Gasteiger partial charge in [0.05, 0.1) is 12.0 Å². The Morgan fingerprint density at radius 1 is 1.00 bits per heavy atom. The van der Waals surface area contributed by atoms with Gasteiger partial charge >= 0.3 is 12.1 Å². The number of fused-ring (bicyclic) bond motifs is 1. The predicted molar refractivity (Wildman–Crippen MR) is 143 cm³/mol. The number of aromatic amines is 1. The molecule has 0 aliphatic heterocycles. The van der Waals surface area contributed by atoms with Crippen LogP contribution in [0.3, 0.4) is 0 Å². The molecule has 3 aromatic carbocycles. The minimum absolute atomic E-state index is 0.144. The molecular weight excluding hydrogens is 482 g/mol. The second-order valence-electron chi connectivity index (χ2n) is 9.88. The Hall–Kier alpha value is -4.27. The summed E-state index contributed by atoms with van der Waals surface area (Å²) in [5.41, 5.74) is 2.90. The van der Waals surface area contributed by atoms with Gasteiger partial charge in [-0.05, 0) is 64.6 Å². The fraction of sp³-hybridized carbons (Fsp3) is 0.345. The fourth-order valence-electron chi connectivity index (χ4n) is 5.42. The van der Waals surface area contributed by atoms with Crippen molar-refractivity contribution in [3.63, 3.8) is 0 Å². The van der Waals surface area contributed by atoms with Gasteiger partial charge in [-0.15, -0.1) is 10.2 Å². The highest BCUT2D eigenvalue weighted by atomic mass is 16.6. The number of amides is 1. The first kappa shape index (κ1) is 25.4. The van der Waals surface area contributed by atoms with Gasteiger partial charge in [0, 0.05) is 18.7 Å². The van der Waals surface area contributed by atoms with E-state index in [1.807, 2.05) is 42.5 Å². The third-order valence-corrected chi connectivity index (χ3v) is 7.39. The average Bonchev–Trinajstić information content (AvgIpc) is 3.48. The topological polar surface area (TPSA) is 121 Å². The number of rotatable bonds is 8. The van der Waals surface area contributed by atoms with E-state index in [1.165, 1.54) is 0 Å². The minimum atomic E-state index is -0.928. The van der Waals surface area contributed by atoms with E-state index < -0.39 is 17.5 Å². The molecule has 1 aliphatic carbocycles. The van der Waals surface area contributed by atoms with Crippen molar-refractivity contribution in [3.8, 4) is 22.5 Å². The summed E-state index contributed by atoms with van der Waals surface area (Å²) in [5, 5.41) is 26.6. The lowest BCUT2D eigenvalue weighted by atomic mass is 9.73. The van der Waals surface area contributed by atoms with E-state index >= 15 is 0 Å². The van der Waals surface area contributed by atoms with Gasteiger partial charge in [0.2, 0.25) is 5.82 Å². The normalized spacial score (nSPS) is 14.8. The fourth-order valence-corrected chi connectivity index (χ4v) is 5.42. The number of H-pyrrole nitrogens is 1. The van der Waals surface area contributed by atoms with Crippen LogP contribution in [0.25, 0.3) is 33.3 Å². The lowest BCUT2D eigenvalue weighted by Crippen LogP contribution is -2.46. The van der Waals surface area contributed by atoms with Crippen LogP contribution in [0.2, 0.25) is 0 Å². The number of nitrogens with one attached hydrogen (secondary N) is 1. The van der Waals surface area contributed by atoms with E-state index in [0.717, 1.165) is 52.3 Å². The number of benzene rings is 3. The van der Waals surface area contributed by atoms with Crippen LogP contribution in [0.4, 0.5) is 4.79 Å². The van der Waals surface area contributed by atoms with Gasteiger partial charge < -0.3 is 14.7 Å². The van der Waals surface area contributed by atoms with Gasteiger partial charge in [-0.3, -0.25) is 4.79 Å². The number of carboxylic acids is 1. The summed E-state index contributed by atoms with van der Waals surface area (Å²) in [4.78, 5) is 26.7. The number of carbonyl (C=O) groups is 2. The zero-order valence-electron chi connectivity index (χ0n) is 21.4. The number of aliphatic carboxylic acids is 1. The molecule has 9 heteroatoms. The minimum Gasteiger partial charge on any atom is -0.481 e. The van der Waals surface area contributed by atoms with Crippen molar-refractivity contribution >= 4 is 22.8 Å². The maximum absolute atomic E-state index is 12.9. The Kier molecular flexibility index (Phi) is 7.35. The Labute approximate surface area is 220 Å². The van der Waals surface area contributed by atoms with Crippen LogP contribution in [0, 0.1) is 5.41 Å². The van der Waals surface area contributed by atoms with Crippen molar-refractivity contribution in [3.05, 3.63) is 66.2 Å². The first-order chi connectivity index (χ1) is 18.5. The Morgan fingerprint density at radius 2 is 1.74 bits per heavy atom. The first-order valence-electron chi connectivity index (χ1n) is 13.0. The van der Waals surface area contributed by atoms with E-state index in [0.29, 0.717) is 18.7 Å². The summed E-state index contributed by atoms with van der Waals surface area (Å²) in [6.45, 7) is 2.42. The molecule has 0 spiro atoms. The summed E-state index contributed by atoms with van der Waals surface area (Å²) in [7, 11) is 0. The maximum Gasteiger partial charge on any atom is 0.410 e. The summed E-state index contributed by atoms with van der Waals surface area (Å²) in [6, 6.07) is 20.2. The lowest BCUT2D eigenvalue weighted by molar-refractivity contribution is -0.152. The third-order valence-electron chi connectivity index (χ3n) is 7.39. The molecule has 0 radical (unpaired) electrons. The van der Waals surface area contributed by atoms with E-state index in [2.05, 4.69) is 38.8 Å². The van der Waals surface area contributed by atoms with Crippen LogP contribution in [0.5, 0.6) is 0 Å². The van der Waals surface area contributed by atoms with E-state index in [1.54, 1.807) is 11.8 Å². The largest absolute Gasteiger partial charge is 0.481 e. The molecular formula is C29H31N5O4. The highest BCUT2D eigenvalue weighted by Crippen LogP contribution is 2.38. The second-order valence-corrected chi connectivity index (χ2v) is 9.88. The molecule has 5 rings (SSSR count). The molecule has 0 atom stereocenters. The number of carboxylic acid groups (broad SMARTS) is 1. The molecule has 1 fully saturated rings. The molecule has 1 aliphatic rings. The summed E-state index contributed by atoms with van der Waals surface area (Å²) >= 11 is 0. The summed E-state index contributed by atoms with van der Waals surface area (Å²) in [6.07, 6.45) is 3.41. The molecule has 0 saturated heterocycles. The number of carbonyl (C=O) groups excluding carboxylic acids is 1. The van der Waals surface area contributed by atoms with E-state index in [9.17, 15) is 14.7 Å². The molecule has 1 amide bonds. The van der Waals surface area contributed by atoms with Gasteiger partial charge in [-0.25, -0.2) is 4.79 Å². The zero-order chi connectivity index (χ0) is 26.5. The first-order valence-corrected chi connectivity index (χ1v) is 13.0. The Bertz CT molecular complexity index is 1430. The molecule has 38 heavy (non-hydrogen) atoms. The molecule has 9 nitrogen and oxygen atoms in total. The molecule has 0 bridgehead atoms. The number of aromatic nitrogens is 4. The summed E-state index contributed by atoms with van der Waals surface area (Å²) < 4.78 is 5.31.